The quantitative estimate of drug-likeness (QED) is 0.941. The number of rotatable bonds is 4. The molecule has 3 rings (SSSR count). The molecule has 0 fully saturated rings. The highest BCUT2D eigenvalue weighted by atomic mass is 35.5. The van der Waals surface area contributed by atoms with E-state index < -0.39 is 0 Å². The van der Waals surface area contributed by atoms with Gasteiger partial charge in [-0.1, -0.05) is 11.6 Å². The second kappa shape index (κ2) is 5.48. The molecule has 2 aromatic rings. The van der Waals surface area contributed by atoms with Crippen LogP contribution in [0, 0.1) is 0 Å². The third-order valence-electron chi connectivity index (χ3n) is 3.78. The van der Waals surface area contributed by atoms with E-state index in [9.17, 15) is 0 Å². The Balaban J connectivity index is 1.96. The summed E-state index contributed by atoms with van der Waals surface area (Å²) >= 11 is 6.36. The number of halogens is 1. The Kier molecular flexibility index (Phi) is 3.70. The Labute approximate surface area is 123 Å². The predicted octanol–water partition coefficient (Wildman–Crippen LogP) is 2.96. The van der Waals surface area contributed by atoms with Crippen LogP contribution in [0.3, 0.4) is 0 Å². The van der Waals surface area contributed by atoms with E-state index in [-0.39, 0.29) is 6.04 Å². The van der Waals surface area contributed by atoms with Crippen molar-refractivity contribution < 1.29 is 9.15 Å². The number of hydrogen-bond donors (Lipinski definition) is 1. The van der Waals surface area contributed by atoms with Crippen LogP contribution in [0.25, 0.3) is 0 Å². The highest BCUT2D eigenvalue weighted by Crippen LogP contribution is 2.42. The minimum absolute atomic E-state index is 0.0951. The maximum Gasteiger partial charge on any atom is 0.123 e. The highest BCUT2D eigenvalue weighted by molar-refractivity contribution is 6.31. The Bertz CT molecular complexity index is 598. The van der Waals surface area contributed by atoms with Gasteiger partial charge >= 0.3 is 0 Å². The normalized spacial score (nSPS) is 18.2. The molecular weight excluding hydrogens is 276 g/mol. The van der Waals surface area contributed by atoms with Crippen molar-refractivity contribution in [2.24, 2.45) is 5.73 Å². The van der Waals surface area contributed by atoms with Gasteiger partial charge in [0.15, 0.2) is 0 Å². The first-order valence-electron chi connectivity index (χ1n) is 6.56. The van der Waals surface area contributed by atoms with Crippen molar-refractivity contribution in [1.29, 1.82) is 0 Å². The summed E-state index contributed by atoms with van der Waals surface area (Å²) in [6.45, 7) is 1.99. The van der Waals surface area contributed by atoms with Gasteiger partial charge in [0.25, 0.3) is 0 Å². The summed E-state index contributed by atoms with van der Waals surface area (Å²) in [4.78, 5) is 2.26. The van der Waals surface area contributed by atoms with Crippen molar-refractivity contribution in [3.05, 3.63) is 52.4 Å². The highest BCUT2D eigenvalue weighted by Gasteiger charge is 2.33. The SMILES string of the molecule is COc1ccc(Cl)c2c1CN(Cc1ccco1)C2CN. The van der Waals surface area contributed by atoms with Gasteiger partial charge in [0.2, 0.25) is 0 Å². The first-order chi connectivity index (χ1) is 9.74. The van der Waals surface area contributed by atoms with Gasteiger partial charge in [-0.2, -0.15) is 0 Å². The van der Waals surface area contributed by atoms with Gasteiger partial charge in [-0.05, 0) is 29.8 Å². The van der Waals surface area contributed by atoms with Crippen molar-refractivity contribution >= 4 is 11.6 Å². The molecule has 0 saturated carbocycles. The van der Waals surface area contributed by atoms with E-state index in [1.54, 1.807) is 13.4 Å². The summed E-state index contributed by atoms with van der Waals surface area (Å²) in [5.41, 5.74) is 8.17. The van der Waals surface area contributed by atoms with Gasteiger partial charge in [-0.25, -0.2) is 0 Å². The maximum absolute atomic E-state index is 6.36. The minimum atomic E-state index is 0.0951. The van der Waals surface area contributed by atoms with Crippen molar-refractivity contribution in [2.75, 3.05) is 13.7 Å². The number of furan rings is 1. The number of benzene rings is 1. The maximum atomic E-state index is 6.36. The zero-order valence-corrected chi connectivity index (χ0v) is 12.1. The summed E-state index contributed by atoms with van der Waals surface area (Å²) in [5, 5.41) is 0.748. The standard InChI is InChI=1S/C15H17ClN2O2/c1-19-14-5-4-12(16)15-11(14)9-18(13(15)7-17)8-10-3-2-6-20-10/h2-6,13H,7-9,17H2,1H3. The van der Waals surface area contributed by atoms with Crippen LogP contribution < -0.4 is 10.5 Å². The smallest absolute Gasteiger partial charge is 0.123 e. The fourth-order valence-electron chi connectivity index (χ4n) is 2.86. The molecule has 1 unspecified atom stereocenters. The average Bonchev–Trinajstić information content (AvgIpc) is 3.07. The summed E-state index contributed by atoms with van der Waals surface area (Å²) in [7, 11) is 1.68. The van der Waals surface area contributed by atoms with Crippen LogP contribution in [0.1, 0.15) is 22.9 Å². The second-order valence-electron chi connectivity index (χ2n) is 4.88. The fraction of sp³-hybridized carbons (Fsp3) is 0.333. The van der Waals surface area contributed by atoms with E-state index in [0.717, 1.165) is 34.2 Å². The molecule has 0 bridgehead atoms. The molecule has 0 aliphatic carbocycles. The molecule has 1 aromatic heterocycles. The van der Waals surface area contributed by atoms with Crippen LogP contribution in [0.4, 0.5) is 0 Å². The number of methoxy groups -OCH3 is 1. The van der Waals surface area contributed by atoms with Gasteiger partial charge in [-0.3, -0.25) is 4.90 Å². The monoisotopic (exact) mass is 292 g/mol. The lowest BCUT2D eigenvalue weighted by molar-refractivity contribution is 0.193. The van der Waals surface area contributed by atoms with E-state index in [4.69, 9.17) is 26.5 Å². The van der Waals surface area contributed by atoms with E-state index in [2.05, 4.69) is 4.90 Å². The molecule has 106 valence electrons. The van der Waals surface area contributed by atoms with Crippen molar-refractivity contribution in [2.45, 2.75) is 19.1 Å². The minimum Gasteiger partial charge on any atom is -0.496 e. The number of fused-ring (bicyclic) bond motifs is 1. The number of nitrogens with two attached hydrogens (primary N) is 1. The van der Waals surface area contributed by atoms with E-state index >= 15 is 0 Å². The Morgan fingerprint density at radius 2 is 2.30 bits per heavy atom. The summed E-state index contributed by atoms with van der Waals surface area (Å²) in [5.74, 6) is 1.79. The van der Waals surface area contributed by atoms with Crippen molar-refractivity contribution in [3.63, 3.8) is 0 Å². The third-order valence-corrected chi connectivity index (χ3v) is 4.11. The van der Waals surface area contributed by atoms with Crippen molar-refractivity contribution in [1.82, 2.24) is 4.90 Å². The number of ether oxygens (including phenoxy) is 1. The zero-order valence-electron chi connectivity index (χ0n) is 11.3. The molecule has 1 aromatic carbocycles. The summed E-state index contributed by atoms with van der Waals surface area (Å²) in [6, 6.07) is 7.74. The van der Waals surface area contributed by atoms with E-state index in [0.29, 0.717) is 13.1 Å². The van der Waals surface area contributed by atoms with Crippen LogP contribution in [0.2, 0.25) is 5.02 Å². The molecule has 0 saturated heterocycles. The first kappa shape index (κ1) is 13.5. The van der Waals surface area contributed by atoms with Crippen LogP contribution >= 0.6 is 11.6 Å². The fourth-order valence-corrected chi connectivity index (χ4v) is 3.17. The van der Waals surface area contributed by atoms with Gasteiger partial charge in [0.05, 0.1) is 19.9 Å². The topological polar surface area (TPSA) is 51.6 Å². The molecule has 20 heavy (non-hydrogen) atoms. The van der Waals surface area contributed by atoms with Crippen LogP contribution in [-0.4, -0.2) is 18.6 Å². The lowest BCUT2D eigenvalue weighted by Crippen LogP contribution is -2.27. The molecule has 0 radical (unpaired) electrons. The average molecular weight is 293 g/mol. The largest absolute Gasteiger partial charge is 0.496 e. The van der Waals surface area contributed by atoms with Crippen LogP contribution in [-0.2, 0) is 13.1 Å². The van der Waals surface area contributed by atoms with Crippen LogP contribution in [0.5, 0.6) is 5.75 Å². The van der Waals surface area contributed by atoms with Gasteiger partial charge in [0.1, 0.15) is 11.5 Å². The molecule has 0 amide bonds. The van der Waals surface area contributed by atoms with Crippen LogP contribution in [0.15, 0.2) is 34.9 Å². The van der Waals surface area contributed by atoms with Gasteiger partial charge in [-0.15, -0.1) is 0 Å². The summed E-state index contributed by atoms with van der Waals surface area (Å²) in [6.07, 6.45) is 1.68. The number of hydrogen-bond acceptors (Lipinski definition) is 4. The van der Waals surface area contributed by atoms with E-state index in [1.807, 2.05) is 24.3 Å². The lowest BCUT2D eigenvalue weighted by Gasteiger charge is -2.22. The van der Waals surface area contributed by atoms with Gasteiger partial charge in [0, 0.05) is 29.7 Å². The first-order valence-corrected chi connectivity index (χ1v) is 6.94. The number of nitrogens with zero attached hydrogens (tertiary/aromatic N) is 1. The zero-order chi connectivity index (χ0) is 14.1. The molecular formula is C15H17ClN2O2. The van der Waals surface area contributed by atoms with E-state index in [1.165, 1.54) is 0 Å². The molecule has 1 aliphatic rings. The predicted molar refractivity (Wildman–Crippen MR) is 77.8 cm³/mol. The Morgan fingerprint density at radius 3 is 2.95 bits per heavy atom. The second-order valence-corrected chi connectivity index (χ2v) is 5.28. The third kappa shape index (κ3) is 2.20. The summed E-state index contributed by atoms with van der Waals surface area (Å²) < 4.78 is 10.9. The molecule has 2 N–H and O–H groups in total. The molecule has 0 spiro atoms. The lowest BCUT2D eigenvalue weighted by atomic mass is 10.0. The molecule has 5 heteroatoms. The molecule has 1 atom stereocenters. The molecule has 2 heterocycles. The molecule has 4 nitrogen and oxygen atoms in total. The Hall–Kier alpha value is -1.49. The van der Waals surface area contributed by atoms with Crippen molar-refractivity contribution in [3.8, 4) is 5.75 Å². The van der Waals surface area contributed by atoms with Gasteiger partial charge < -0.3 is 14.9 Å². The molecule has 1 aliphatic heterocycles. The Morgan fingerprint density at radius 1 is 1.45 bits per heavy atom.